The van der Waals surface area contributed by atoms with Crippen LogP contribution in [0, 0.1) is 0 Å². The first-order valence-corrected chi connectivity index (χ1v) is 10.4. The lowest BCUT2D eigenvalue weighted by Gasteiger charge is -2.14. The van der Waals surface area contributed by atoms with E-state index in [1.807, 2.05) is 6.07 Å². The van der Waals surface area contributed by atoms with Crippen LogP contribution in [0.4, 0.5) is 5.82 Å². The molecule has 7 nitrogen and oxygen atoms in total. The summed E-state index contributed by atoms with van der Waals surface area (Å²) in [6.45, 7) is 0.587. The fraction of sp³-hybridized carbons (Fsp3) is 0.182. The molecule has 1 N–H and O–H groups in total. The zero-order chi connectivity index (χ0) is 22.0. The molecule has 9 heteroatoms. The number of carbonyl (C=O) groups is 3. The number of nitrogens with zero attached hydrogens (tertiary/aromatic N) is 3. The molecule has 2 aromatic carbocycles. The van der Waals surface area contributed by atoms with E-state index in [1.54, 1.807) is 53.3 Å². The van der Waals surface area contributed by atoms with Crippen molar-refractivity contribution in [3.8, 4) is 0 Å². The van der Waals surface area contributed by atoms with Gasteiger partial charge in [-0.2, -0.15) is 5.10 Å². The Morgan fingerprint density at radius 3 is 2.35 bits per heavy atom. The maximum Gasteiger partial charge on any atom is 0.256 e. The molecule has 3 amide bonds. The van der Waals surface area contributed by atoms with E-state index in [9.17, 15) is 14.4 Å². The van der Waals surface area contributed by atoms with E-state index in [-0.39, 0.29) is 37.1 Å². The van der Waals surface area contributed by atoms with Gasteiger partial charge in [0.25, 0.3) is 5.91 Å². The van der Waals surface area contributed by atoms with E-state index in [4.69, 9.17) is 23.2 Å². The Labute approximate surface area is 188 Å². The summed E-state index contributed by atoms with van der Waals surface area (Å²) in [6.07, 6.45) is 2.11. The van der Waals surface area contributed by atoms with Crippen molar-refractivity contribution < 1.29 is 14.4 Å². The number of aromatic nitrogens is 2. The van der Waals surface area contributed by atoms with Crippen LogP contribution in [0.5, 0.6) is 0 Å². The molecular formula is C22H18Cl2N4O3. The number of rotatable bonds is 6. The molecule has 1 saturated heterocycles. The van der Waals surface area contributed by atoms with Gasteiger partial charge >= 0.3 is 0 Å². The Hall–Kier alpha value is -3.16. The maximum absolute atomic E-state index is 12.7. The van der Waals surface area contributed by atoms with Crippen LogP contribution in [0.25, 0.3) is 0 Å². The highest BCUT2D eigenvalue weighted by atomic mass is 35.5. The van der Waals surface area contributed by atoms with Crippen molar-refractivity contribution in [3.63, 3.8) is 0 Å². The third-order valence-electron chi connectivity index (χ3n) is 5.01. The summed E-state index contributed by atoms with van der Waals surface area (Å²) < 4.78 is 1.63. The SMILES string of the molecule is O=C(Nc1ccnn1Cc1ccc(Cl)cc1Cl)c1ccc(CN2C(=O)CCC2=O)cc1. The Bertz CT molecular complexity index is 1140. The van der Waals surface area contributed by atoms with Gasteiger partial charge in [0.1, 0.15) is 5.82 Å². The van der Waals surface area contributed by atoms with Crippen molar-refractivity contribution in [3.05, 3.63) is 81.5 Å². The minimum absolute atomic E-state index is 0.166. The fourth-order valence-electron chi connectivity index (χ4n) is 3.31. The maximum atomic E-state index is 12.7. The highest BCUT2D eigenvalue weighted by molar-refractivity contribution is 6.35. The molecule has 1 aliphatic rings. The third kappa shape index (κ3) is 4.78. The van der Waals surface area contributed by atoms with E-state index in [2.05, 4.69) is 10.4 Å². The standard InChI is InChI=1S/C22H18Cl2N4O3/c23-17-6-5-16(18(24)11-17)13-28-19(9-10-25-28)26-22(31)15-3-1-14(2-4-15)12-27-20(29)7-8-21(27)30/h1-6,9-11H,7-8,12-13H2,(H,26,31). The monoisotopic (exact) mass is 456 g/mol. The lowest BCUT2D eigenvalue weighted by molar-refractivity contribution is -0.139. The van der Waals surface area contributed by atoms with Gasteiger partial charge in [-0.3, -0.25) is 19.3 Å². The number of likely N-dealkylation sites (tertiary alicyclic amines) is 1. The lowest BCUT2D eigenvalue weighted by Crippen LogP contribution is -2.28. The zero-order valence-electron chi connectivity index (χ0n) is 16.3. The molecule has 4 rings (SSSR count). The van der Waals surface area contributed by atoms with Crippen LogP contribution in [0.15, 0.2) is 54.7 Å². The van der Waals surface area contributed by atoms with Crippen LogP contribution < -0.4 is 5.32 Å². The lowest BCUT2D eigenvalue weighted by atomic mass is 10.1. The van der Waals surface area contributed by atoms with E-state index < -0.39 is 0 Å². The summed E-state index contributed by atoms with van der Waals surface area (Å²) >= 11 is 12.2. The predicted molar refractivity (Wildman–Crippen MR) is 117 cm³/mol. The van der Waals surface area contributed by atoms with Crippen molar-refractivity contribution >= 4 is 46.7 Å². The number of carbonyl (C=O) groups excluding carboxylic acids is 3. The smallest absolute Gasteiger partial charge is 0.256 e. The molecule has 0 atom stereocenters. The average molecular weight is 457 g/mol. The van der Waals surface area contributed by atoms with Gasteiger partial charge in [-0.05, 0) is 35.4 Å². The molecule has 0 saturated carbocycles. The van der Waals surface area contributed by atoms with Crippen LogP contribution in [0.1, 0.15) is 34.3 Å². The molecule has 31 heavy (non-hydrogen) atoms. The Morgan fingerprint density at radius 2 is 1.68 bits per heavy atom. The molecule has 0 spiro atoms. The molecule has 0 radical (unpaired) electrons. The quantitative estimate of drug-likeness (QED) is 0.564. The normalized spacial score (nSPS) is 13.7. The van der Waals surface area contributed by atoms with Crippen LogP contribution >= 0.6 is 23.2 Å². The highest BCUT2D eigenvalue weighted by Crippen LogP contribution is 2.23. The second kappa shape index (κ2) is 8.91. The number of imide groups is 1. The van der Waals surface area contributed by atoms with Crippen LogP contribution in [0.3, 0.4) is 0 Å². The average Bonchev–Trinajstić information content (AvgIpc) is 3.31. The van der Waals surface area contributed by atoms with Crippen molar-refractivity contribution in [2.45, 2.75) is 25.9 Å². The number of anilines is 1. The highest BCUT2D eigenvalue weighted by Gasteiger charge is 2.28. The van der Waals surface area contributed by atoms with Crippen molar-refractivity contribution in [1.29, 1.82) is 0 Å². The Balaban J connectivity index is 1.42. The number of hydrogen-bond acceptors (Lipinski definition) is 4. The number of amides is 3. The molecule has 0 bridgehead atoms. The number of hydrogen-bond donors (Lipinski definition) is 1. The second-order valence-electron chi connectivity index (χ2n) is 7.13. The molecule has 1 fully saturated rings. The zero-order valence-corrected chi connectivity index (χ0v) is 17.9. The first-order valence-electron chi connectivity index (χ1n) is 9.60. The fourth-order valence-corrected chi connectivity index (χ4v) is 3.78. The summed E-state index contributed by atoms with van der Waals surface area (Å²) in [4.78, 5) is 37.4. The predicted octanol–water partition coefficient (Wildman–Crippen LogP) is 4.14. The van der Waals surface area contributed by atoms with Crippen LogP contribution in [-0.2, 0) is 22.7 Å². The molecule has 158 valence electrons. The van der Waals surface area contributed by atoms with Gasteiger partial charge < -0.3 is 5.32 Å². The van der Waals surface area contributed by atoms with Gasteiger partial charge in [-0.15, -0.1) is 0 Å². The number of benzene rings is 2. The van der Waals surface area contributed by atoms with E-state index in [1.165, 1.54) is 4.90 Å². The first-order chi connectivity index (χ1) is 14.9. The summed E-state index contributed by atoms with van der Waals surface area (Å²) in [5.74, 6) is -0.112. The Morgan fingerprint density at radius 1 is 0.968 bits per heavy atom. The molecule has 2 heterocycles. The van der Waals surface area contributed by atoms with E-state index >= 15 is 0 Å². The summed E-state index contributed by atoms with van der Waals surface area (Å²) in [5.41, 5.74) is 2.04. The summed E-state index contributed by atoms with van der Waals surface area (Å²) in [7, 11) is 0. The molecule has 0 unspecified atom stereocenters. The summed E-state index contributed by atoms with van der Waals surface area (Å²) in [6, 6.07) is 13.7. The van der Waals surface area contributed by atoms with E-state index in [0.29, 0.717) is 28.0 Å². The van der Waals surface area contributed by atoms with Crippen LogP contribution in [-0.4, -0.2) is 32.4 Å². The first kappa shape index (κ1) is 21.1. The second-order valence-corrected chi connectivity index (χ2v) is 7.98. The van der Waals surface area contributed by atoms with E-state index in [0.717, 1.165) is 11.1 Å². The third-order valence-corrected chi connectivity index (χ3v) is 5.59. The van der Waals surface area contributed by atoms with Gasteiger partial charge in [0.15, 0.2) is 0 Å². The van der Waals surface area contributed by atoms with Gasteiger partial charge in [0.2, 0.25) is 11.8 Å². The molecule has 1 aliphatic heterocycles. The van der Waals surface area contributed by atoms with Gasteiger partial charge in [0.05, 0.1) is 19.3 Å². The molecule has 1 aromatic heterocycles. The topological polar surface area (TPSA) is 84.3 Å². The molecule has 0 aliphatic carbocycles. The number of halogens is 2. The van der Waals surface area contributed by atoms with Crippen molar-refractivity contribution in [1.82, 2.24) is 14.7 Å². The largest absolute Gasteiger partial charge is 0.307 e. The van der Waals surface area contributed by atoms with Gasteiger partial charge in [0, 0.05) is 34.5 Å². The molecule has 3 aromatic rings. The van der Waals surface area contributed by atoms with Crippen molar-refractivity contribution in [2.24, 2.45) is 0 Å². The molecular weight excluding hydrogens is 439 g/mol. The van der Waals surface area contributed by atoms with Crippen LogP contribution in [0.2, 0.25) is 10.0 Å². The Kier molecular flexibility index (Phi) is 6.06. The van der Waals surface area contributed by atoms with Gasteiger partial charge in [-0.1, -0.05) is 41.4 Å². The minimum Gasteiger partial charge on any atom is -0.307 e. The van der Waals surface area contributed by atoms with Crippen molar-refractivity contribution in [2.75, 3.05) is 5.32 Å². The summed E-state index contributed by atoms with van der Waals surface area (Å²) in [5, 5.41) is 8.15. The minimum atomic E-state index is -0.302. The van der Waals surface area contributed by atoms with Gasteiger partial charge in [-0.25, -0.2) is 4.68 Å². The number of nitrogens with one attached hydrogen (secondary N) is 1.